The van der Waals surface area contributed by atoms with Crippen LogP contribution in [-0.4, -0.2) is 26.9 Å². The van der Waals surface area contributed by atoms with E-state index in [9.17, 15) is 8.42 Å². The Labute approximate surface area is 111 Å². The van der Waals surface area contributed by atoms with Crippen LogP contribution in [0.3, 0.4) is 0 Å². The molecule has 0 aliphatic heterocycles. The van der Waals surface area contributed by atoms with E-state index in [4.69, 9.17) is 4.74 Å². The minimum atomic E-state index is -3.33. The highest BCUT2D eigenvalue weighted by Crippen LogP contribution is 2.15. The summed E-state index contributed by atoms with van der Waals surface area (Å²) in [5.41, 5.74) is 0.553. The van der Waals surface area contributed by atoms with Crippen molar-refractivity contribution in [3.8, 4) is 0 Å². The molecule has 1 N–H and O–H groups in total. The summed E-state index contributed by atoms with van der Waals surface area (Å²) in [6, 6.07) is 6.96. The zero-order valence-corrected chi connectivity index (χ0v) is 12.2. The Morgan fingerprint density at radius 1 is 1.29 bits per heavy atom. The number of rotatable bonds is 6. The first-order valence-electron chi connectivity index (χ1n) is 5.27. The zero-order valence-electron chi connectivity index (χ0n) is 9.81. The van der Waals surface area contributed by atoms with Crippen LogP contribution in [-0.2, 0) is 14.8 Å². The Balaban J connectivity index is 2.52. The number of hydrogen-bond acceptors (Lipinski definition) is 3. The molecule has 0 aliphatic carbocycles. The van der Waals surface area contributed by atoms with E-state index in [-0.39, 0.29) is 18.5 Å². The highest BCUT2D eigenvalue weighted by atomic mass is 79.9. The fraction of sp³-hybridized carbons (Fsp3) is 0.455. The van der Waals surface area contributed by atoms with Gasteiger partial charge in [0.15, 0.2) is 0 Å². The molecule has 0 bridgehead atoms. The molecule has 0 spiro atoms. The summed E-state index contributed by atoms with van der Waals surface area (Å²) in [5.74, 6) is -0.0404. The predicted octanol–water partition coefficient (Wildman–Crippen LogP) is 2.62. The molecule has 17 heavy (non-hydrogen) atoms. The average molecular weight is 322 g/mol. The predicted molar refractivity (Wildman–Crippen MR) is 72.6 cm³/mol. The Morgan fingerprint density at radius 3 is 2.41 bits per heavy atom. The molecule has 0 aliphatic rings. The van der Waals surface area contributed by atoms with Crippen LogP contribution < -0.4 is 4.72 Å². The number of halogens is 1. The van der Waals surface area contributed by atoms with Gasteiger partial charge in [-0.05, 0) is 38.1 Å². The maximum Gasteiger partial charge on any atom is 0.234 e. The Kier molecular flexibility index (Phi) is 5.42. The summed E-state index contributed by atoms with van der Waals surface area (Å²) in [4.78, 5) is 0. The van der Waals surface area contributed by atoms with Crippen molar-refractivity contribution in [1.82, 2.24) is 0 Å². The second-order valence-corrected chi connectivity index (χ2v) is 6.60. The molecule has 6 heteroatoms. The van der Waals surface area contributed by atoms with Gasteiger partial charge in [0.05, 0.1) is 18.5 Å². The van der Waals surface area contributed by atoms with E-state index < -0.39 is 10.0 Å². The molecule has 96 valence electrons. The first kappa shape index (κ1) is 14.5. The first-order chi connectivity index (χ1) is 7.89. The average Bonchev–Trinajstić information content (AvgIpc) is 2.20. The molecule has 0 saturated heterocycles. The molecule has 1 rings (SSSR count). The van der Waals surface area contributed by atoms with Gasteiger partial charge in [-0.2, -0.15) is 0 Å². The molecule has 0 fully saturated rings. The molecule has 1 aromatic rings. The van der Waals surface area contributed by atoms with Gasteiger partial charge in [0.1, 0.15) is 0 Å². The molecule has 0 aromatic heterocycles. The Morgan fingerprint density at radius 2 is 1.88 bits per heavy atom. The monoisotopic (exact) mass is 321 g/mol. The standard InChI is InChI=1S/C11H16BrNO3S/c1-9(2)16-7-8-17(14,15)13-11-5-3-10(12)4-6-11/h3-6,9,13H,7-8H2,1-2H3. The van der Waals surface area contributed by atoms with Gasteiger partial charge >= 0.3 is 0 Å². The quantitative estimate of drug-likeness (QED) is 0.876. The third kappa shape index (κ3) is 6.05. The smallest absolute Gasteiger partial charge is 0.234 e. The Hall–Kier alpha value is -0.590. The SMILES string of the molecule is CC(C)OCCS(=O)(=O)Nc1ccc(Br)cc1. The van der Waals surface area contributed by atoms with E-state index in [1.165, 1.54) is 0 Å². The van der Waals surface area contributed by atoms with E-state index in [2.05, 4.69) is 20.7 Å². The minimum Gasteiger partial charge on any atom is -0.378 e. The van der Waals surface area contributed by atoms with Gasteiger partial charge in [0, 0.05) is 10.2 Å². The maximum absolute atomic E-state index is 11.7. The molecule has 0 amide bonds. The first-order valence-corrected chi connectivity index (χ1v) is 7.71. The van der Waals surface area contributed by atoms with E-state index in [0.717, 1.165) is 4.47 Å². The summed E-state index contributed by atoms with van der Waals surface area (Å²) < 4.78 is 31.9. The number of anilines is 1. The normalized spacial score (nSPS) is 11.8. The molecular formula is C11H16BrNO3S. The van der Waals surface area contributed by atoms with Crippen LogP contribution in [0.15, 0.2) is 28.7 Å². The van der Waals surface area contributed by atoms with Crippen molar-refractivity contribution in [1.29, 1.82) is 0 Å². The number of ether oxygens (including phenoxy) is 1. The molecule has 1 aromatic carbocycles. The minimum absolute atomic E-state index is 0.0397. The van der Waals surface area contributed by atoms with Gasteiger partial charge in [-0.1, -0.05) is 15.9 Å². The van der Waals surface area contributed by atoms with E-state index in [0.29, 0.717) is 5.69 Å². The highest BCUT2D eigenvalue weighted by Gasteiger charge is 2.10. The van der Waals surface area contributed by atoms with Gasteiger partial charge in [-0.3, -0.25) is 4.72 Å². The summed E-state index contributed by atoms with van der Waals surface area (Å²) in [7, 11) is -3.33. The number of hydrogen-bond donors (Lipinski definition) is 1. The number of benzene rings is 1. The van der Waals surface area contributed by atoms with E-state index in [1.54, 1.807) is 24.3 Å². The zero-order chi connectivity index (χ0) is 12.9. The summed E-state index contributed by atoms with van der Waals surface area (Å²) in [6.45, 7) is 3.94. The summed E-state index contributed by atoms with van der Waals surface area (Å²) in [5, 5.41) is 0. The molecule has 0 radical (unpaired) electrons. The van der Waals surface area contributed by atoms with E-state index in [1.807, 2.05) is 13.8 Å². The number of nitrogens with one attached hydrogen (secondary N) is 1. The lowest BCUT2D eigenvalue weighted by Crippen LogP contribution is -2.21. The molecule has 0 atom stereocenters. The van der Waals surface area contributed by atoms with Crippen molar-refractivity contribution in [2.45, 2.75) is 20.0 Å². The fourth-order valence-electron chi connectivity index (χ4n) is 1.14. The van der Waals surface area contributed by atoms with Gasteiger partial charge in [-0.15, -0.1) is 0 Å². The molecule has 0 unspecified atom stereocenters. The maximum atomic E-state index is 11.7. The van der Waals surface area contributed by atoms with Crippen LogP contribution in [0.5, 0.6) is 0 Å². The third-order valence-corrected chi connectivity index (χ3v) is 3.70. The molecule has 4 nitrogen and oxygen atoms in total. The largest absolute Gasteiger partial charge is 0.378 e. The van der Waals surface area contributed by atoms with Gasteiger partial charge in [0.2, 0.25) is 10.0 Å². The fourth-order valence-corrected chi connectivity index (χ4v) is 2.32. The highest BCUT2D eigenvalue weighted by molar-refractivity contribution is 9.10. The van der Waals surface area contributed by atoms with Crippen molar-refractivity contribution in [3.63, 3.8) is 0 Å². The lowest BCUT2D eigenvalue weighted by molar-refractivity contribution is 0.0913. The van der Waals surface area contributed by atoms with Crippen LogP contribution in [0.25, 0.3) is 0 Å². The van der Waals surface area contributed by atoms with Crippen molar-refractivity contribution >= 4 is 31.6 Å². The van der Waals surface area contributed by atoms with Crippen LogP contribution in [0, 0.1) is 0 Å². The summed E-state index contributed by atoms with van der Waals surface area (Å²) >= 11 is 3.29. The Bertz CT molecular complexity index is 442. The van der Waals surface area contributed by atoms with Crippen LogP contribution >= 0.6 is 15.9 Å². The van der Waals surface area contributed by atoms with E-state index >= 15 is 0 Å². The van der Waals surface area contributed by atoms with Crippen molar-refractivity contribution in [2.75, 3.05) is 17.1 Å². The van der Waals surface area contributed by atoms with Crippen molar-refractivity contribution in [2.24, 2.45) is 0 Å². The van der Waals surface area contributed by atoms with Crippen LogP contribution in [0.2, 0.25) is 0 Å². The van der Waals surface area contributed by atoms with Crippen LogP contribution in [0.1, 0.15) is 13.8 Å². The number of sulfonamides is 1. The second-order valence-electron chi connectivity index (χ2n) is 3.85. The molecule has 0 saturated carbocycles. The molecular weight excluding hydrogens is 306 g/mol. The van der Waals surface area contributed by atoms with Crippen molar-refractivity contribution < 1.29 is 13.2 Å². The van der Waals surface area contributed by atoms with Gasteiger partial charge < -0.3 is 4.74 Å². The topological polar surface area (TPSA) is 55.4 Å². The molecule has 0 heterocycles. The third-order valence-electron chi connectivity index (χ3n) is 1.92. The van der Waals surface area contributed by atoms with Crippen molar-refractivity contribution in [3.05, 3.63) is 28.7 Å². The summed E-state index contributed by atoms with van der Waals surface area (Å²) in [6.07, 6.45) is 0.0397. The van der Waals surface area contributed by atoms with Gasteiger partial charge in [0.25, 0.3) is 0 Å². The second kappa shape index (κ2) is 6.37. The lowest BCUT2D eigenvalue weighted by Gasteiger charge is -2.10. The van der Waals surface area contributed by atoms with Gasteiger partial charge in [-0.25, -0.2) is 8.42 Å². The van der Waals surface area contributed by atoms with Crippen LogP contribution in [0.4, 0.5) is 5.69 Å². The lowest BCUT2D eigenvalue weighted by atomic mass is 10.3.